The van der Waals surface area contributed by atoms with Gasteiger partial charge in [0.1, 0.15) is 5.67 Å². The number of benzene rings is 2. The smallest absolute Gasteiger partial charge is 0.261 e. The summed E-state index contributed by atoms with van der Waals surface area (Å²) in [5.74, 6) is 0. The molecule has 0 saturated heterocycles. The molecule has 1 saturated carbocycles. The molecule has 1 fully saturated rings. The summed E-state index contributed by atoms with van der Waals surface area (Å²) in [6.07, 6.45) is 1.11. The Morgan fingerprint density at radius 1 is 1.00 bits per heavy atom. The van der Waals surface area contributed by atoms with Crippen LogP contribution in [-0.2, 0) is 4.43 Å². The van der Waals surface area contributed by atoms with Gasteiger partial charge in [-0.2, -0.15) is 0 Å². The first kappa shape index (κ1) is 18.3. The van der Waals surface area contributed by atoms with Crippen LogP contribution in [0.5, 0.6) is 0 Å². The van der Waals surface area contributed by atoms with Crippen LogP contribution in [0.4, 0.5) is 4.39 Å². The number of alkyl halides is 1. The van der Waals surface area contributed by atoms with Gasteiger partial charge in [0.05, 0.1) is 12.6 Å². The van der Waals surface area contributed by atoms with Crippen molar-refractivity contribution in [3.05, 3.63) is 60.7 Å². The van der Waals surface area contributed by atoms with Crippen molar-refractivity contribution in [1.29, 1.82) is 0 Å². The largest absolute Gasteiger partial charge is 0.406 e. The van der Waals surface area contributed by atoms with Crippen LogP contribution in [0, 0.1) is 0 Å². The van der Waals surface area contributed by atoms with Crippen molar-refractivity contribution >= 4 is 18.7 Å². The summed E-state index contributed by atoms with van der Waals surface area (Å²) in [6.45, 7) is 6.90. The zero-order valence-corrected chi connectivity index (χ0v) is 16.3. The molecule has 3 rings (SSSR count). The molecule has 0 heterocycles. The van der Waals surface area contributed by atoms with Gasteiger partial charge in [0.25, 0.3) is 8.32 Å². The Kier molecular flexibility index (Phi) is 4.88. The fourth-order valence-electron chi connectivity index (χ4n) is 3.62. The van der Waals surface area contributed by atoms with Crippen molar-refractivity contribution in [2.24, 2.45) is 5.73 Å². The number of nitrogens with two attached hydrogens (primary N) is 1. The van der Waals surface area contributed by atoms with E-state index in [0.29, 0.717) is 12.8 Å². The highest BCUT2D eigenvalue weighted by Crippen LogP contribution is 2.43. The van der Waals surface area contributed by atoms with Crippen LogP contribution in [0.1, 0.15) is 33.6 Å². The Bertz CT molecular complexity index is 655. The summed E-state index contributed by atoms with van der Waals surface area (Å²) in [4.78, 5) is 0. The summed E-state index contributed by atoms with van der Waals surface area (Å²) in [5, 5.41) is 2.29. The van der Waals surface area contributed by atoms with Gasteiger partial charge >= 0.3 is 0 Å². The molecule has 0 amide bonds. The third-order valence-electron chi connectivity index (χ3n) is 5.29. The molecule has 2 nitrogen and oxygen atoms in total. The molecule has 1 aliphatic carbocycles. The summed E-state index contributed by atoms with van der Waals surface area (Å²) in [6, 6.07) is 20.2. The predicted molar refractivity (Wildman–Crippen MR) is 105 cm³/mol. The summed E-state index contributed by atoms with van der Waals surface area (Å²) in [5.41, 5.74) is 4.91. The van der Waals surface area contributed by atoms with Crippen LogP contribution in [0.25, 0.3) is 0 Å². The Hall–Kier alpha value is -1.49. The van der Waals surface area contributed by atoms with Gasteiger partial charge in [-0.15, -0.1) is 0 Å². The lowest BCUT2D eigenvalue weighted by molar-refractivity contribution is 0.180. The minimum absolute atomic E-state index is 0.109. The maximum Gasteiger partial charge on any atom is 0.261 e. The van der Waals surface area contributed by atoms with Crippen molar-refractivity contribution in [1.82, 2.24) is 0 Å². The molecule has 2 N–H and O–H groups in total. The molecule has 0 radical (unpaired) electrons. The first-order chi connectivity index (χ1) is 11.8. The highest BCUT2D eigenvalue weighted by atomic mass is 28.4. The number of hydrogen-bond acceptors (Lipinski definition) is 2. The fourth-order valence-corrected chi connectivity index (χ4v) is 8.20. The van der Waals surface area contributed by atoms with Crippen molar-refractivity contribution in [3.8, 4) is 0 Å². The Labute approximate surface area is 151 Å². The summed E-state index contributed by atoms with van der Waals surface area (Å²) < 4.78 is 21.0. The molecule has 1 unspecified atom stereocenters. The average Bonchev–Trinajstić information content (AvgIpc) is 3.35. The standard InChI is InChI=1S/C21H28FNOSi/c1-20(2,3)25(17-10-6-4-7-11-17,18-12-8-5-9-13-18)24-16-19(23)21(22)14-15-21/h4-13,19H,14-16,23H2,1-3H3. The SMILES string of the molecule is CC(C)(C)[Si](OCC(N)C1(F)CC1)(c1ccccc1)c1ccccc1. The van der Waals surface area contributed by atoms with Crippen molar-refractivity contribution < 1.29 is 8.82 Å². The van der Waals surface area contributed by atoms with Crippen molar-refractivity contribution in [2.75, 3.05) is 6.61 Å². The Morgan fingerprint density at radius 3 is 1.80 bits per heavy atom. The van der Waals surface area contributed by atoms with Gasteiger partial charge in [0.15, 0.2) is 0 Å². The zero-order valence-electron chi connectivity index (χ0n) is 15.3. The molecule has 134 valence electrons. The topological polar surface area (TPSA) is 35.2 Å². The van der Waals surface area contributed by atoms with E-state index in [1.807, 2.05) is 36.4 Å². The maximum atomic E-state index is 14.4. The average molecular weight is 358 g/mol. The second kappa shape index (κ2) is 6.67. The lowest BCUT2D eigenvalue weighted by atomic mass is 10.2. The van der Waals surface area contributed by atoms with Gasteiger partial charge < -0.3 is 10.2 Å². The van der Waals surface area contributed by atoms with E-state index >= 15 is 0 Å². The van der Waals surface area contributed by atoms with Gasteiger partial charge in [-0.25, -0.2) is 4.39 Å². The van der Waals surface area contributed by atoms with Gasteiger partial charge in [0.2, 0.25) is 0 Å². The zero-order chi connectivity index (χ0) is 18.1. The summed E-state index contributed by atoms with van der Waals surface area (Å²) in [7, 11) is -2.61. The van der Waals surface area contributed by atoms with E-state index < -0.39 is 20.0 Å². The first-order valence-corrected chi connectivity index (χ1v) is 10.9. The number of hydrogen-bond donors (Lipinski definition) is 1. The van der Waals surface area contributed by atoms with Crippen LogP contribution in [0.2, 0.25) is 5.04 Å². The van der Waals surface area contributed by atoms with Crippen LogP contribution in [0.3, 0.4) is 0 Å². The molecule has 0 aliphatic heterocycles. The van der Waals surface area contributed by atoms with Crippen LogP contribution in [0.15, 0.2) is 60.7 Å². The Balaban J connectivity index is 2.05. The van der Waals surface area contributed by atoms with Crippen molar-refractivity contribution in [3.63, 3.8) is 0 Å². The van der Waals surface area contributed by atoms with Gasteiger partial charge in [-0.05, 0) is 28.3 Å². The quantitative estimate of drug-likeness (QED) is 0.804. The number of halogens is 1. The highest BCUT2D eigenvalue weighted by molar-refractivity contribution is 6.99. The van der Waals surface area contributed by atoms with Crippen molar-refractivity contribution in [2.45, 2.75) is 50.4 Å². The monoisotopic (exact) mass is 357 g/mol. The van der Waals surface area contributed by atoms with E-state index in [1.165, 1.54) is 10.4 Å². The van der Waals surface area contributed by atoms with Crippen LogP contribution in [-0.4, -0.2) is 26.6 Å². The van der Waals surface area contributed by atoms with Crippen LogP contribution >= 0.6 is 0 Å². The second-order valence-corrected chi connectivity index (χ2v) is 12.4. The third-order valence-corrected chi connectivity index (χ3v) is 10.3. The van der Waals surface area contributed by atoms with E-state index in [2.05, 4.69) is 45.0 Å². The van der Waals surface area contributed by atoms with E-state index in [4.69, 9.17) is 10.2 Å². The molecule has 1 aliphatic rings. The molecule has 2 aromatic carbocycles. The van der Waals surface area contributed by atoms with Crippen LogP contribution < -0.4 is 16.1 Å². The maximum absolute atomic E-state index is 14.4. The summed E-state index contributed by atoms with van der Waals surface area (Å²) >= 11 is 0. The van der Waals surface area contributed by atoms with E-state index in [-0.39, 0.29) is 11.6 Å². The first-order valence-electron chi connectivity index (χ1n) is 8.99. The van der Waals surface area contributed by atoms with Gasteiger partial charge in [0, 0.05) is 0 Å². The molecule has 0 spiro atoms. The fraction of sp³-hybridized carbons (Fsp3) is 0.429. The highest BCUT2D eigenvalue weighted by Gasteiger charge is 2.53. The van der Waals surface area contributed by atoms with E-state index in [1.54, 1.807) is 0 Å². The van der Waals surface area contributed by atoms with Gasteiger partial charge in [-0.1, -0.05) is 81.4 Å². The molecule has 0 aromatic heterocycles. The second-order valence-electron chi connectivity index (χ2n) is 8.12. The minimum Gasteiger partial charge on any atom is -0.406 e. The molecular formula is C21H28FNOSi. The number of rotatable bonds is 6. The molecular weight excluding hydrogens is 329 g/mol. The molecule has 1 atom stereocenters. The van der Waals surface area contributed by atoms with E-state index in [9.17, 15) is 4.39 Å². The third kappa shape index (κ3) is 3.43. The minimum atomic E-state index is -2.61. The van der Waals surface area contributed by atoms with E-state index in [0.717, 1.165) is 0 Å². The Morgan fingerprint density at radius 2 is 1.44 bits per heavy atom. The molecule has 4 heteroatoms. The lowest BCUT2D eigenvalue weighted by Crippen LogP contribution is -2.67. The predicted octanol–water partition coefficient (Wildman–Crippen LogP) is 3.39. The lowest BCUT2D eigenvalue weighted by Gasteiger charge is -2.43. The molecule has 2 aromatic rings. The molecule has 25 heavy (non-hydrogen) atoms. The molecule has 0 bridgehead atoms. The van der Waals surface area contributed by atoms with Gasteiger partial charge in [-0.3, -0.25) is 0 Å². The normalized spacial score (nSPS) is 18.0.